The summed E-state index contributed by atoms with van der Waals surface area (Å²) in [6.07, 6.45) is 8.44. The zero-order valence-electron chi connectivity index (χ0n) is 34.0. The highest BCUT2D eigenvalue weighted by molar-refractivity contribution is 6.30. The smallest absolute Gasteiger partial charge is 0.271 e. The summed E-state index contributed by atoms with van der Waals surface area (Å²) in [4.78, 5) is 68.2. The van der Waals surface area contributed by atoms with E-state index in [4.69, 9.17) is 21.6 Å². The van der Waals surface area contributed by atoms with Crippen molar-refractivity contribution in [1.29, 1.82) is 0 Å². The van der Waals surface area contributed by atoms with Gasteiger partial charge in [-0.3, -0.25) is 28.3 Å². The maximum absolute atomic E-state index is 14.9. The molecule has 2 aliphatic rings. The summed E-state index contributed by atoms with van der Waals surface area (Å²) in [5.74, 6) is 1.35. The molecule has 10 rings (SSSR count). The second kappa shape index (κ2) is 14.9. The number of nitrogens with zero attached hydrogens (tertiary/aromatic N) is 6. The van der Waals surface area contributed by atoms with E-state index in [1.807, 2.05) is 59.6 Å². The monoisotopic (exact) mass is 816 g/mol. The molecule has 0 aliphatic heterocycles. The fourth-order valence-electron chi connectivity index (χ4n) is 10.3. The zero-order chi connectivity index (χ0) is 41.4. The fraction of sp³-hybridized carbons (Fsp3) is 0.306. The van der Waals surface area contributed by atoms with E-state index in [2.05, 4.69) is 19.1 Å². The van der Waals surface area contributed by atoms with Gasteiger partial charge in [-0.1, -0.05) is 67.6 Å². The zero-order valence-corrected chi connectivity index (χ0v) is 34.7. The van der Waals surface area contributed by atoms with Crippen LogP contribution in [0.4, 0.5) is 0 Å². The normalized spacial score (nSPS) is 17.6. The molecule has 2 atom stereocenters. The van der Waals surface area contributed by atoms with Crippen LogP contribution in [0, 0.1) is 6.92 Å². The van der Waals surface area contributed by atoms with Crippen LogP contribution in [-0.4, -0.2) is 28.2 Å². The molecule has 4 aromatic carbocycles. The number of benzene rings is 4. The van der Waals surface area contributed by atoms with Crippen LogP contribution in [0.1, 0.15) is 98.3 Å². The average molecular weight is 817 g/mol. The highest BCUT2D eigenvalue weighted by Gasteiger charge is 2.32. The van der Waals surface area contributed by atoms with Crippen molar-refractivity contribution in [3.05, 3.63) is 160 Å². The van der Waals surface area contributed by atoms with Gasteiger partial charge in [0.1, 0.15) is 22.4 Å². The number of rotatable bonds is 5. The first-order valence-electron chi connectivity index (χ1n) is 21.1. The Labute approximate surface area is 350 Å². The third-order valence-electron chi connectivity index (χ3n) is 13.3. The van der Waals surface area contributed by atoms with Gasteiger partial charge < -0.3 is 9.13 Å². The molecule has 0 N–H and O–H groups in total. The van der Waals surface area contributed by atoms with E-state index in [0.29, 0.717) is 62.1 Å². The number of para-hydroxylation sites is 2. The second-order valence-electron chi connectivity index (χ2n) is 16.8. The van der Waals surface area contributed by atoms with Crippen LogP contribution in [-0.2, 0) is 14.1 Å². The number of aryl methyl sites for hydroxylation is 3. The minimum Gasteiger partial charge on any atom is -0.328 e. The molecule has 8 aromatic rings. The lowest BCUT2D eigenvalue weighted by molar-refractivity contribution is 0.377. The summed E-state index contributed by atoms with van der Waals surface area (Å²) >= 11 is 6.32. The van der Waals surface area contributed by atoms with E-state index >= 15 is 0 Å². The number of pyridine rings is 2. The van der Waals surface area contributed by atoms with Gasteiger partial charge in [0.25, 0.3) is 11.1 Å². The quantitative estimate of drug-likeness (QED) is 0.160. The minimum absolute atomic E-state index is 0.0526. The van der Waals surface area contributed by atoms with Gasteiger partial charge in [0.15, 0.2) is 11.3 Å². The van der Waals surface area contributed by atoms with E-state index in [1.54, 1.807) is 51.6 Å². The minimum atomic E-state index is -0.402. The van der Waals surface area contributed by atoms with Crippen LogP contribution in [0.25, 0.3) is 55.2 Å². The molecule has 302 valence electrons. The molecule has 0 saturated heterocycles. The molecule has 2 aliphatic carbocycles. The molecular weight excluding hydrogens is 772 g/mol. The number of aromatic nitrogens is 6. The SMILES string of the molecule is Cc1ccc(-n2c(C3CCCCC3)nc3c(c(=O)c4ccccc4n3C)c2=O)cc1C1CCCC(c2nc3c(c(=O)c4ccccc4n3C)c(=O)n2-c2ccc(Cl)cc2)C1. The topological polar surface area (TPSA) is 114 Å². The van der Waals surface area contributed by atoms with Crippen LogP contribution < -0.4 is 22.0 Å². The molecule has 2 unspecified atom stereocenters. The Morgan fingerprint density at radius 3 is 1.67 bits per heavy atom. The lowest BCUT2D eigenvalue weighted by Crippen LogP contribution is -2.32. The summed E-state index contributed by atoms with van der Waals surface area (Å²) in [5, 5.41) is 1.65. The summed E-state index contributed by atoms with van der Waals surface area (Å²) in [7, 11) is 3.74. The molecular formula is C49H45ClN6O4. The van der Waals surface area contributed by atoms with Gasteiger partial charge in [0.05, 0.1) is 22.4 Å². The average Bonchev–Trinajstić information content (AvgIpc) is 3.28. The van der Waals surface area contributed by atoms with Crippen LogP contribution in [0.15, 0.2) is 110 Å². The lowest BCUT2D eigenvalue weighted by atomic mass is 9.76. The van der Waals surface area contributed by atoms with Crippen LogP contribution >= 0.6 is 11.6 Å². The summed E-state index contributed by atoms with van der Waals surface area (Å²) in [6, 6.07) is 28.0. The molecule has 10 nitrogen and oxygen atoms in total. The molecule has 11 heteroatoms. The lowest BCUT2D eigenvalue weighted by Gasteiger charge is -2.32. The Balaban J connectivity index is 1.13. The van der Waals surface area contributed by atoms with E-state index in [-0.39, 0.29) is 44.9 Å². The Morgan fingerprint density at radius 2 is 1.07 bits per heavy atom. The van der Waals surface area contributed by atoms with Crippen molar-refractivity contribution < 1.29 is 0 Å². The van der Waals surface area contributed by atoms with Crippen LogP contribution in [0.5, 0.6) is 0 Å². The van der Waals surface area contributed by atoms with E-state index in [0.717, 1.165) is 68.0 Å². The van der Waals surface area contributed by atoms with Gasteiger partial charge >= 0.3 is 0 Å². The fourth-order valence-corrected chi connectivity index (χ4v) is 10.4. The molecule has 2 fully saturated rings. The first-order valence-corrected chi connectivity index (χ1v) is 21.4. The van der Waals surface area contributed by atoms with Crippen molar-refractivity contribution in [2.45, 2.75) is 82.5 Å². The van der Waals surface area contributed by atoms with E-state index in [9.17, 15) is 19.2 Å². The Kier molecular flexibility index (Phi) is 9.43. The third kappa shape index (κ3) is 6.06. The van der Waals surface area contributed by atoms with E-state index < -0.39 is 5.56 Å². The van der Waals surface area contributed by atoms with Gasteiger partial charge in [-0.25, -0.2) is 9.97 Å². The number of hydrogen-bond donors (Lipinski definition) is 0. The molecule has 4 aromatic heterocycles. The molecule has 0 amide bonds. The van der Waals surface area contributed by atoms with Crippen molar-refractivity contribution >= 4 is 55.5 Å². The largest absolute Gasteiger partial charge is 0.328 e. The van der Waals surface area contributed by atoms with Crippen molar-refractivity contribution in [2.24, 2.45) is 14.1 Å². The first kappa shape index (κ1) is 38.1. The van der Waals surface area contributed by atoms with Crippen LogP contribution in [0.2, 0.25) is 5.02 Å². The standard InChI is InChI=1S/C49H45ClN6O4/c1-28-20-23-34(56-44(29-12-5-4-6-13-29)51-46-41(49(56)60)43(58)36-17-8-9-18-38(36)53(46)2)27-37(28)30-14-11-15-31(26-30)45-52-47-40(42(57)35-16-7-10-19-39(35)54(47)3)48(59)55(45)33-24-21-32(50)22-25-33/h7-10,16-25,27,29-31H,4-6,11-15,26H2,1-3H3. The number of hydrogen-bond acceptors (Lipinski definition) is 6. The highest BCUT2D eigenvalue weighted by Crippen LogP contribution is 2.43. The Hall–Kier alpha value is -6.13. The number of halogens is 1. The Bertz CT molecular complexity index is 3300. The van der Waals surface area contributed by atoms with Crippen molar-refractivity contribution in [3.8, 4) is 11.4 Å². The molecule has 0 spiro atoms. The van der Waals surface area contributed by atoms with Gasteiger partial charge in [0, 0.05) is 41.7 Å². The highest BCUT2D eigenvalue weighted by atomic mass is 35.5. The Morgan fingerprint density at radius 1 is 0.567 bits per heavy atom. The maximum atomic E-state index is 14.9. The van der Waals surface area contributed by atoms with Gasteiger partial charge in [-0.05, 0) is 117 Å². The number of fused-ring (bicyclic) bond motifs is 4. The predicted octanol–water partition coefficient (Wildman–Crippen LogP) is 9.24. The predicted molar refractivity (Wildman–Crippen MR) is 240 cm³/mol. The second-order valence-corrected chi connectivity index (χ2v) is 17.3. The molecule has 4 heterocycles. The molecule has 0 bridgehead atoms. The van der Waals surface area contributed by atoms with Gasteiger partial charge in [-0.15, -0.1) is 0 Å². The van der Waals surface area contributed by atoms with E-state index in [1.165, 1.54) is 0 Å². The maximum Gasteiger partial charge on any atom is 0.271 e. The van der Waals surface area contributed by atoms with Crippen molar-refractivity contribution in [2.75, 3.05) is 0 Å². The van der Waals surface area contributed by atoms with Gasteiger partial charge in [-0.2, -0.15) is 0 Å². The summed E-state index contributed by atoms with van der Waals surface area (Å²) in [6.45, 7) is 2.10. The molecule has 2 saturated carbocycles. The summed E-state index contributed by atoms with van der Waals surface area (Å²) < 4.78 is 7.09. The van der Waals surface area contributed by atoms with Crippen molar-refractivity contribution in [3.63, 3.8) is 0 Å². The van der Waals surface area contributed by atoms with Crippen molar-refractivity contribution in [1.82, 2.24) is 28.2 Å². The van der Waals surface area contributed by atoms with Gasteiger partial charge in [0.2, 0.25) is 10.9 Å². The molecule has 60 heavy (non-hydrogen) atoms. The summed E-state index contributed by atoms with van der Waals surface area (Å²) in [5.41, 5.74) is 4.38. The first-order chi connectivity index (χ1) is 29.1. The van der Waals surface area contributed by atoms with Crippen LogP contribution in [0.3, 0.4) is 0 Å². The third-order valence-corrected chi connectivity index (χ3v) is 13.6. The molecule has 0 radical (unpaired) electrons.